The van der Waals surface area contributed by atoms with Crippen molar-refractivity contribution in [3.05, 3.63) is 29.8 Å². The molecular weight excluding hydrogens is 254 g/mol. The first kappa shape index (κ1) is 13.3. The average molecular weight is 271 g/mol. The summed E-state index contributed by atoms with van der Waals surface area (Å²) < 4.78 is 32.4. The molecule has 100 valence electrons. The van der Waals surface area contributed by atoms with Crippen LogP contribution in [0.5, 0.6) is 5.75 Å². The van der Waals surface area contributed by atoms with E-state index in [2.05, 4.69) is 11.9 Å². The molecule has 0 aliphatic carbocycles. The quantitative estimate of drug-likeness (QED) is 0.769. The van der Waals surface area contributed by atoms with Gasteiger partial charge in [0.05, 0.1) is 19.0 Å². The predicted octanol–water partition coefficient (Wildman–Crippen LogP) is 1.03. The molecule has 0 amide bonds. The molecule has 1 heterocycles. The van der Waals surface area contributed by atoms with Crippen molar-refractivity contribution in [1.29, 1.82) is 0 Å². The fourth-order valence-electron chi connectivity index (χ4n) is 1.89. The molecule has 5 nitrogen and oxygen atoms in total. The van der Waals surface area contributed by atoms with Gasteiger partial charge in [0.1, 0.15) is 5.75 Å². The Balaban J connectivity index is 2.07. The van der Waals surface area contributed by atoms with Crippen molar-refractivity contribution >= 4 is 10.1 Å². The zero-order chi connectivity index (χ0) is 13.2. The molecule has 0 radical (unpaired) electrons. The van der Waals surface area contributed by atoms with Gasteiger partial charge in [0.15, 0.2) is 0 Å². The Hall–Kier alpha value is -1.11. The van der Waals surface area contributed by atoms with Crippen LogP contribution in [0.1, 0.15) is 11.7 Å². The summed E-state index contributed by atoms with van der Waals surface area (Å²) in [5.74, 6) is 0.324. The minimum absolute atomic E-state index is 0.0380. The molecule has 1 atom stereocenters. The molecule has 0 bridgehead atoms. The van der Waals surface area contributed by atoms with Crippen LogP contribution in [0.15, 0.2) is 24.3 Å². The van der Waals surface area contributed by atoms with Gasteiger partial charge in [-0.1, -0.05) is 12.1 Å². The van der Waals surface area contributed by atoms with Gasteiger partial charge in [-0.2, -0.15) is 8.42 Å². The number of hydrogen-bond acceptors (Lipinski definition) is 5. The summed E-state index contributed by atoms with van der Waals surface area (Å²) >= 11 is 0. The van der Waals surface area contributed by atoms with Crippen molar-refractivity contribution in [2.24, 2.45) is 0 Å². The SMILES string of the molecule is CN1CCO[C@@H](c2ccc(OS(C)(=O)=O)cc2)C1. The second-order valence-electron chi connectivity index (χ2n) is 4.48. The third-order valence-corrected chi connectivity index (χ3v) is 3.26. The van der Waals surface area contributed by atoms with E-state index in [9.17, 15) is 8.42 Å². The largest absolute Gasteiger partial charge is 0.383 e. The van der Waals surface area contributed by atoms with Crippen molar-refractivity contribution < 1.29 is 17.3 Å². The number of nitrogens with zero attached hydrogens (tertiary/aromatic N) is 1. The lowest BCUT2D eigenvalue weighted by Gasteiger charge is -2.30. The molecule has 1 fully saturated rings. The van der Waals surface area contributed by atoms with Gasteiger partial charge in [0.25, 0.3) is 0 Å². The monoisotopic (exact) mass is 271 g/mol. The van der Waals surface area contributed by atoms with Gasteiger partial charge in [-0.3, -0.25) is 0 Å². The Morgan fingerprint density at radius 2 is 2.00 bits per heavy atom. The fourth-order valence-corrected chi connectivity index (χ4v) is 2.35. The van der Waals surface area contributed by atoms with E-state index in [4.69, 9.17) is 8.92 Å². The van der Waals surface area contributed by atoms with E-state index >= 15 is 0 Å². The first-order valence-corrected chi connectivity index (χ1v) is 7.55. The summed E-state index contributed by atoms with van der Waals surface area (Å²) in [4.78, 5) is 2.20. The lowest BCUT2D eigenvalue weighted by molar-refractivity contribution is -0.0209. The Bertz CT molecular complexity index is 497. The molecule has 0 aromatic heterocycles. The van der Waals surface area contributed by atoms with E-state index in [1.54, 1.807) is 12.1 Å². The highest BCUT2D eigenvalue weighted by molar-refractivity contribution is 7.86. The average Bonchev–Trinajstić information content (AvgIpc) is 2.28. The maximum Gasteiger partial charge on any atom is 0.306 e. The third kappa shape index (κ3) is 3.69. The predicted molar refractivity (Wildman–Crippen MR) is 68.1 cm³/mol. The molecular formula is C12H17NO4S. The van der Waals surface area contributed by atoms with Crippen molar-refractivity contribution in [3.8, 4) is 5.75 Å². The van der Waals surface area contributed by atoms with E-state index in [1.807, 2.05) is 12.1 Å². The molecule has 0 N–H and O–H groups in total. The van der Waals surface area contributed by atoms with Crippen molar-refractivity contribution in [1.82, 2.24) is 4.90 Å². The standard InChI is InChI=1S/C12H17NO4S/c1-13-7-8-16-12(9-13)10-3-5-11(6-4-10)17-18(2,14)15/h3-6,12H,7-9H2,1-2H3/t12-/m1/s1. The van der Waals surface area contributed by atoms with Crippen molar-refractivity contribution in [3.63, 3.8) is 0 Å². The number of ether oxygens (including phenoxy) is 1. The second kappa shape index (κ2) is 5.26. The highest BCUT2D eigenvalue weighted by atomic mass is 32.2. The number of hydrogen-bond donors (Lipinski definition) is 0. The van der Waals surface area contributed by atoms with Crippen LogP contribution < -0.4 is 4.18 Å². The summed E-state index contributed by atoms with van der Waals surface area (Å²) in [7, 11) is -1.41. The van der Waals surface area contributed by atoms with Gasteiger partial charge in [0.2, 0.25) is 0 Å². The van der Waals surface area contributed by atoms with Crippen LogP contribution in [0.4, 0.5) is 0 Å². The van der Waals surface area contributed by atoms with Gasteiger partial charge >= 0.3 is 10.1 Å². The Morgan fingerprint density at radius 1 is 1.33 bits per heavy atom. The van der Waals surface area contributed by atoms with Crippen LogP contribution in [0.25, 0.3) is 0 Å². The molecule has 0 spiro atoms. The van der Waals surface area contributed by atoms with Gasteiger partial charge in [-0.25, -0.2) is 0 Å². The zero-order valence-electron chi connectivity index (χ0n) is 10.5. The number of rotatable bonds is 3. The van der Waals surface area contributed by atoms with Gasteiger partial charge in [-0.15, -0.1) is 0 Å². The van der Waals surface area contributed by atoms with Crippen LogP contribution >= 0.6 is 0 Å². The summed E-state index contributed by atoms with van der Waals surface area (Å²) in [6, 6.07) is 6.97. The summed E-state index contributed by atoms with van der Waals surface area (Å²) in [5.41, 5.74) is 1.03. The third-order valence-electron chi connectivity index (χ3n) is 2.77. The van der Waals surface area contributed by atoms with E-state index in [0.717, 1.165) is 24.9 Å². The molecule has 1 aliphatic rings. The molecule has 0 saturated carbocycles. The van der Waals surface area contributed by atoms with Crippen LogP contribution in [0.3, 0.4) is 0 Å². The van der Waals surface area contributed by atoms with Gasteiger partial charge < -0.3 is 13.8 Å². The van der Waals surface area contributed by atoms with E-state index in [1.165, 1.54) is 0 Å². The Labute approximate surface area is 107 Å². The second-order valence-corrected chi connectivity index (χ2v) is 6.05. The molecule has 1 aliphatic heterocycles. The first-order valence-electron chi connectivity index (χ1n) is 5.73. The molecule has 1 saturated heterocycles. The Kier molecular flexibility index (Phi) is 3.89. The number of likely N-dealkylation sites (N-methyl/N-ethyl adjacent to an activating group) is 1. The summed E-state index contributed by atoms with van der Waals surface area (Å²) in [6.45, 7) is 2.49. The topological polar surface area (TPSA) is 55.8 Å². The van der Waals surface area contributed by atoms with Crippen LogP contribution in [0, 0.1) is 0 Å². The number of morpholine rings is 1. The van der Waals surface area contributed by atoms with E-state index < -0.39 is 10.1 Å². The molecule has 1 aromatic rings. The maximum atomic E-state index is 11.0. The lowest BCUT2D eigenvalue weighted by atomic mass is 10.1. The summed E-state index contributed by atoms with van der Waals surface area (Å²) in [6.07, 6.45) is 1.07. The molecule has 0 unspecified atom stereocenters. The molecule has 6 heteroatoms. The first-order chi connectivity index (χ1) is 8.44. The van der Waals surface area contributed by atoms with Crippen LogP contribution in [-0.2, 0) is 14.9 Å². The highest BCUT2D eigenvalue weighted by Gasteiger charge is 2.19. The number of benzene rings is 1. The minimum atomic E-state index is -3.46. The Morgan fingerprint density at radius 3 is 2.56 bits per heavy atom. The summed E-state index contributed by atoms with van der Waals surface area (Å²) in [5, 5.41) is 0. The minimum Gasteiger partial charge on any atom is -0.383 e. The fraction of sp³-hybridized carbons (Fsp3) is 0.500. The normalized spacial score (nSPS) is 21.8. The zero-order valence-corrected chi connectivity index (χ0v) is 11.3. The smallest absolute Gasteiger partial charge is 0.306 e. The van der Waals surface area contributed by atoms with E-state index in [-0.39, 0.29) is 6.10 Å². The van der Waals surface area contributed by atoms with Crippen molar-refractivity contribution in [2.45, 2.75) is 6.10 Å². The molecule has 2 rings (SSSR count). The van der Waals surface area contributed by atoms with Crippen LogP contribution in [-0.4, -0.2) is 46.3 Å². The van der Waals surface area contributed by atoms with Crippen molar-refractivity contribution in [2.75, 3.05) is 33.0 Å². The maximum absolute atomic E-state index is 11.0. The van der Waals surface area contributed by atoms with Crippen LogP contribution in [0.2, 0.25) is 0 Å². The highest BCUT2D eigenvalue weighted by Crippen LogP contribution is 2.24. The molecule has 1 aromatic carbocycles. The lowest BCUT2D eigenvalue weighted by Crippen LogP contribution is -2.35. The molecule has 18 heavy (non-hydrogen) atoms. The van der Waals surface area contributed by atoms with E-state index in [0.29, 0.717) is 12.4 Å². The van der Waals surface area contributed by atoms with Gasteiger partial charge in [0, 0.05) is 13.1 Å². The van der Waals surface area contributed by atoms with Gasteiger partial charge in [-0.05, 0) is 24.7 Å².